The van der Waals surface area contributed by atoms with E-state index in [9.17, 15) is 4.79 Å². The van der Waals surface area contributed by atoms with Crippen molar-refractivity contribution in [2.45, 2.75) is 25.3 Å². The predicted molar refractivity (Wildman–Crippen MR) is 93.0 cm³/mol. The lowest BCUT2D eigenvalue weighted by Crippen LogP contribution is -2.20. The van der Waals surface area contributed by atoms with Gasteiger partial charge in [-0.3, -0.25) is 4.79 Å². The fourth-order valence-electron chi connectivity index (χ4n) is 3.37. The zero-order chi connectivity index (χ0) is 17.2. The summed E-state index contributed by atoms with van der Waals surface area (Å²) in [6, 6.07) is 12.1. The van der Waals surface area contributed by atoms with Crippen LogP contribution in [0.3, 0.4) is 0 Å². The number of nitrogens with zero attached hydrogens (tertiary/aromatic N) is 4. The van der Waals surface area contributed by atoms with E-state index in [1.54, 1.807) is 4.52 Å². The quantitative estimate of drug-likeness (QED) is 0.737. The summed E-state index contributed by atoms with van der Waals surface area (Å²) >= 11 is 0. The Labute approximate surface area is 145 Å². The zero-order valence-electron chi connectivity index (χ0n) is 13.9. The third-order valence-corrected chi connectivity index (χ3v) is 4.64. The standard InChI is InChI=1S/C18H19N5O2/c1-25-17(24)13-7-8-14(9-13)21-16-10-15(12-5-3-2-4-6-12)22-18-19-11-20-23(16)18/h2-6,10-11,13-14,21H,7-9H2,1H3/t13-,14+/m0/s1. The van der Waals surface area contributed by atoms with E-state index in [1.165, 1.54) is 13.4 Å². The summed E-state index contributed by atoms with van der Waals surface area (Å²) in [5.74, 6) is 1.21. The normalized spacial score (nSPS) is 19.9. The molecule has 2 atom stereocenters. The number of rotatable bonds is 4. The van der Waals surface area contributed by atoms with Crippen LogP contribution in [0.15, 0.2) is 42.7 Å². The molecule has 1 fully saturated rings. The minimum atomic E-state index is -0.130. The monoisotopic (exact) mass is 337 g/mol. The molecule has 25 heavy (non-hydrogen) atoms. The van der Waals surface area contributed by atoms with E-state index in [0.717, 1.165) is 36.3 Å². The number of esters is 1. The number of carbonyl (C=O) groups excluding carboxylic acids is 1. The van der Waals surface area contributed by atoms with Gasteiger partial charge in [0.05, 0.1) is 18.7 Å². The topological polar surface area (TPSA) is 81.4 Å². The Kier molecular flexibility index (Phi) is 4.05. The molecule has 7 heteroatoms. The van der Waals surface area contributed by atoms with Gasteiger partial charge in [0.1, 0.15) is 12.1 Å². The average molecular weight is 337 g/mol. The van der Waals surface area contributed by atoms with Crippen LogP contribution in [0.4, 0.5) is 5.82 Å². The number of carbonyl (C=O) groups is 1. The summed E-state index contributed by atoms with van der Waals surface area (Å²) in [6.45, 7) is 0. The van der Waals surface area contributed by atoms with Crippen LogP contribution in [-0.4, -0.2) is 38.7 Å². The molecule has 3 aromatic rings. The van der Waals surface area contributed by atoms with Crippen LogP contribution < -0.4 is 5.32 Å². The first-order valence-corrected chi connectivity index (χ1v) is 8.35. The molecular formula is C18H19N5O2. The Bertz CT molecular complexity index is 893. The van der Waals surface area contributed by atoms with E-state index < -0.39 is 0 Å². The molecule has 2 aromatic heterocycles. The highest BCUT2D eigenvalue weighted by atomic mass is 16.5. The van der Waals surface area contributed by atoms with Gasteiger partial charge in [0.2, 0.25) is 0 Å². The van der Waals surface area contributed by atoms with Crippen molar-refractivity contribution in [2.75, 3.05) is 12.4 Å². The second-order valence-corrected chi connectivity index (χ2v) is 6.24. The molecule has 7 nitrogen and oxygen atoms in total. The highest BCUT2D eigenvalue weighted by Crippen LogP contribution is 2.30. The molecule has 128 valence electrons. The molecule has 4 rings (SSSR count). The number of ether oxygens (including phenoxy) is 1. The van der Waals surface area contributed by atoms with E-state index in [2.05, 4.69) is 20.4 Å². The van der Waals surface area contributed by atoms with Gasteiger partial charge in [0.25, 0.3) is 5.78 Å². The van der Waals surface area contributed by atoms with Crippen molar-refractivity contribution < 1.29 is 9.53 Å². The molecule has 1 aliphatic carbocycles. The number of nitrogens with one attached hydrogen (secondary N) is 1. The van der Waals surface area contributed by atoms with Crippen LogP contribution >= 0.6 is 0 Å². The molecule has 0 bridgehead atoms. The third-order valence-electron chi connectivity index (χ3n) is 4.64. The molecule has 1 N–H and O–H groups in total. The maximum absolute atomic E-state index is 11.7. The third kappa shape index (κ3) is 3.05. The number of aromatic nitrogens is 4. The van der Waals surface area contributed by atoms with Gasteiger partial charge in [-0.25, -0.2) is 4.98 Å². The van der Waals surface area contributed by atoms with E-state index in [-0.39, 0.29) is 17.9 Å². The fourth-order valence-corrected chi connectivity index (χ4v) is 3.37. The van der Waals surface area contributed by atoms with Gasteiger partial charge in [-0.05, 0) is 19.3 Å². The lowest BCUT2D eigenvalue weighted by molar-refractivity contribution is -0.145. The predicted octanol–water partition coefficient (Wildman–Crippen LogP) is 2.54. The summed E-state index contributed by atoms with van der Waals surface area (Å²) in [6.07, 6.45) is 4.00. The summed E-state index contributed by atoms with van der Waals surface area (Å²) in [4.78, 5) is 20.5. The van der Waals surface area contributed by atoms with Crippen molar-refractivity contribution in [1.82, 2.24) is 19.6 Å². The smallest absolute Gasteiger partial charge is 0.308 e. The molecule has 0 radical (unpaired) electrons. The molecule has 0 unspecified atom stereocenters. The van der Waals surface area contributed by atoms with Gasteiger partial charge in [-0.2, -0.15) is 14.6 Å². The summed E-state index contributed by atoms with van der Waals surface area (Å²) in [7, 11) is 1.44. The van der Waals surface area contributed by atoms with E-state index in [1.807, 2.05) is 36.4 Å². The highest BCUT2D eigenvalue weighted by molar-refractivity contribution is 5.73. The summed E-state index contributed by atoms with van der Waals surface area (Å²) < 4.78 is 6.56. The molecule has 0 aliphatic heterocycles. The van der Waals surface area contributed by atoms with Crippen LogP contribution in [0.1, 0.15) is 19.3 Å². The molecular weight excluding hydrogens is 318 g/mol. The first-order valence-electron chi connectivity index (χ1n) is 8.35. The maximum atomic E-state index is 11.7. The van der Waals surface area contributed by atoms with Crippen molar-refractivity contribution >= 4 is 17.6 Å². The second kappa shape index (κ2) is 6.51. The molecule has 1 saturated carbocycles. The molecule has 0 saturated heterocycles. The van der Waals surface area contributed by atoms with Crippen molar-refractivity contribution in [2.24, 2.45) is 5.92 Å². The van der Waals surface area contributed by atoms with Crippen molar-refractivity contribution in [3.05, 3.63) is 42.7 Å². The molecule has 2 heterocycles. The van der Waals surface area contributed by atoms with E-state index in [0.29, 0.717) is 5.78 Å². The number of fused-ring (bicyclic) bond motifs is 1. The largest absolute Gasteiger partial charge is 0.469 e. The first kappa shape index (κ1) is 15.6. The highest BCUT2D eigenvalue weighted by Gasteiger charge is 2.31. The SMILES string of the molecule is COC(=O)[C@H]1CC[C@@H](Nc2cc(-c3ccccc3)nc3ncnn23)C1. The van der Waals surface area contributed by atoms with Gasteiger partial charge in [-0.15, -0.1) is 0 Å². The van der Waals surface area contributed by atoms with Gasteiger partial charge in [-0.1, -0.05) is 30.3 Å². The van der Waals surface area contributed by atoms with E-state index in [4.69, 9.17) is 4.74 Å². The lowest BCUT2D eigenvalue weighted by Gasteiger charge is -2.15. The minimum absolute atomic E-state index is 0.0378. The van der Waals surface area contributed by atoms with Crippen LogP contribution in [0, 0.1) is 5.92 Å². The fraction of sp³-hybridized carbons (Fsp3) is 0.333. The zero-order valence-corrected chi connectivity index (χ0v) is 13.9. The molecule has 0 amide bonds. The van der Waals surface area contributed by atoms with Crippen molar-refractivity contribution in [3.63, 3.8) is 0 Å². The number of anilines is 1. The van der Waals surface area contributed by atoms with Crippen LogP contribution in [0.2, 0.25) is 0 Å². The van der Waals surface area contributed by atoms with Crippen molar-refractivity contribution in [3.8, 4) is 11.3 Å². The van der Waals surface area contributed by atoms with Crippen LogP contribution in [0.5, 0.6) is 0 Å². The number of benzene rings is 1. The van der Waals surface area contributed by atoms with Crippen LogP contribution in [-0.2, 0) is 9.53 Å². The van der Waals surface area contributed by atoms with Crippen molar-refractivity contribution in [1.29, 1.82) is 0 Å². The average Bonchev–Trinajstić information content (AvgIpc) is 3.31. The Morgan fingerprint density at radius 2 is 2.12 bits per heavy atom. The van der Waals surface area contributed by atoms with Gasteiger partial charge in [0.15, 0.2) is 0 Å². The Balaban J connectivity index is 1.63. The van der Waals surface area contributed by atoms with E-state index >= 15 is 0 Å². The Morgan fingerprint density at radius 3 is 2.92 bits per heavy atom. The van der Waals surface area contributed by atoms with Gasteiger partial charge < -0.3 is 10.1 Å². The second-order valence-electron chi connectivity index (χ2n) is 6.24. The maximum Gasteiger partial charge on any atom is 0.308 e. The first-order chi connectivity index (χ1) is 12.2. The molecule has 1 aromatic carbocycles. The molecule has 1 aliphatic rings. The Morgan fingerprint density at radius 1 is 1.28 bits per heavy atom. The summed E-state index contributed by atoms with van der Waals surface area (Å²) in [5, 5.41) is 7.76. The lowest BCUT2D eigenvalue weighted by atomic mass is 10.1. The molecule has 0 spiro atoms. The Hall–Kier alpha value is -2.96. The number of hydrogen-bond acceptors (Lipinski definition) is 6. The van der Waals surface area contributed by atoms with Gasteiger partial charge >= 0.3 is 5.97 Å². The van der Waals surface area contributed by atoms with Gasteiger partial charge in [0, 0.05) is 17.7 Å². The van der Waals surface area contributed by atoms with Crippen LogP contribution in [0.25, 0.3) is 17.0 Å². The number of hydrogen-bond donors (Lipinski definition) is 1. The minimum Gasteiger partial charge on any atom is -0.469 e. The summed E-state index contributed by atoms with van der Waals surface area (Å²) in [5.41, 5.74) is 1.86. The number of methoxy groups -OCH3 is 1.